The normalized spacial score (nSPS) is 11.6. The second kappa shape index (κ2) is 2.44. The summed E-state index contributed by atoms with van der Waals surface area (Å²) in [6.45, 7) is 0. The molecule has 0 aliphatic rings. The number of hydrogen-bond donors (Lipinski definition) is 0. The van der Waals surface area contributed by atoms with Crippen molar-refractivity contribution in [1.82, 2.24) is 9.94 Å². The smallest absolute Gasteiger partial charge is 0.400 e. The highest BCUT2D eigenvalue weighted by atomic mass is 19.4. The Kier molecular flexibility index (Phi) is 1.76. The third-order valence-electron chi connectivity index (χ3n) is 1.04. The summed E-state index contributed by atoms with van der Waals surface area (Å²) < 4.78 is 35.4. The lowest BCUT2D eigenvalue weighted by Crippen LogP contribution is -2.10. The minimum atomic E-state index is -4.40. The van der Waals surface area contributed by atoms with E-state index < -0.39 is 11.9 Å². The van der Waals surface area contributed by atoms with Gasteiger partial charge < -0.3 is 4.84 Å². The lowest BCUT2D eigenvalue weighted by Gasteiger charge is -2.00. The Balaban J connectivity index is 2.89. The molecule has 0 amide bonds. The van der Waals surface area contributed by atoms with Crippen LogP contribution < -0.4 is 4.84 Å². The average Bonchev–Trinajstić information content (AvgIpc) is 2.32. The van der Waals surface area contributed by atoms with Gasteiger partial charge in [0.15, 0.2) is 5.69 Å². The molecular formula is C5H5F3N2O. The van der Waals surface area contributed by atoms with Crippen molar-refractivity contribution in [3.63, 3.8) is 0 Å². The van der Waals surface area contributed by atoms with Gasteiger partial charge in [-0.1, -0.05) is 0 Å². The zero-order valence-corrected chi connectivity index (χ0v) is 5.59. The Hall–Kier alpha value is -1.20. The minimum Gasteiger partial charge on any atom is -0.400 e. The summed E-state index contributed by atoms with van der Waals surface area (Å²) in [5.41, 5.74) is -0.959. The zero-order chi connectivity index (χ0) is 8.48. The van der Waals surface area contributed by atoms with Gasteiger partial charge in [-0.25, -0.2) is 0 Å². The van der Waals surface area contributed by atoms with E-state index in [0.29, 0.717) is 0 Å². The Bertz CT molecular complexity index is 242. The molecule has 0 saturated heterocycles. The van der Waals surface area contributed by atoms with Gasteiger partial charge in [-0.05, 0) is 6.07 Å². The van der Waals surface area contributed by atoms with E-state index in [9.17, 15) is 13.2 Å². The summed E-state index contributed by atoms with van der Waals surface area (Å²) in [5.74, 6) is 0. The van der Waals surface area contributed by atoms with Crippen LogP contribution in [-0.2, 0) is 6.18 Å². The van der Waals surface area contributed by atoms with Crippen LogP contribution >= 0.6 is 0 Å². The maximum Gasteiger partial charge on any atom is 0.435 e. The van der Waals surface area contributed by atoms with Crippen LogP contribution in [0.2, 0.25) is 0 Å². The molecule has 0 unspecified atom stereocenters. The lowest BCUT2D eigenvalue weighted by molar-refractivity contribution is -0.142. The first-order valence-corrected chi connectivity index (χ1v) is 2.71. The van der Waals surface area contributed by atoms with Crippen molar-refractivity contribution in [2.45, 2.75) is 6.18 Å². The molecular weight excluding hydrogens is 161 g/mol. The van der Waals surface area contributed by atoms with E-state index in [1.807, 2.05) is 0 Å². The van der Waals surface area contributed by atoms with E-state index in [-0.39, 0.29) is 0 Å². The molecule has 0 atom stereocenters. The SMILES string of the molecule is COn1ccc(C(F)(F)F)n1. The third kappa shape index (κ3) is 1.63. The van der Waals surface area contributed by atoms with Crippen molar-refractivity contribution >= 4 is 0 Å². The predicted molar refractivity (Wildman–Crippen MR) is 29.7 cm³/mol. The van der Waals surface area contributed by atoms with Gasteiger partial charge in [-0.15, -0.1) is 9.94 Å². The van der Waals surface area contributed by atoms with Crippen molar-refractivity contribution in [3.8, 4) is 0 Å². The molecule has 11 heavy (non-hydrogen) atoms. The highest BCUT2D eigenvalue weighted by molar-refractivity contribution is 5.02. The molecule has 6 heteroatoms. The first-order chi connectivity index (χ1) is 5.04. The molecule has 0 saturated carbocycles. The number of nitrogens with zero attached hydrogens (tertiary/aromatic N) is 2. The first kappa shape index (κ1) is 7.90. The maximum atomic E-state index is 11.8. The molecule has 0 aromatic carbocycles. The second-order valence-electron chi connectivity index (χ2n) is 1.78. The van der Waals surface area contributed by atoms with Crippen molar-refractivity contribution in [3.05, 3.63) is 18.0 Å². The van der Waals surface area contributed by atoms with Crippen LogP contribution in [0.4, 0.5) is 13.2 Å². The van der Waals surface area contributed by atoms with Crippen LogP contribution in [0, 0.1) is 0 Å². The number of alkyl halides is 3. The second-order valence-corrected chi connectivity index (χ2v) is 1.78. The molecule has 0 fully saturated rings. The van der Waals surface area contributed by atoms with E-state index in [4.69, 9.17) is 0 Å². The van der Waals surface area contributed by atoms with E-state index >= 15 is 0 Å². The minimum absolute atomic E-state index is 0.739. The highest BCUT2D eigenvalue weighted by Gasteiger charge is 2.33. The van der Waals surface area contributed by atoms with Gasteiger partial charge in [0.2, 0.25) is 0 Å². The van der Waals surface area contributed by atoms with E-state index in [1.165, 1.54) is 7.11 Å². The summed E-state index contributed by atoms with van der Waals surface area (Å²) in [5, 5.41) is 3.07. The van der Waals surface area contributed by atoms with Gasteiger partial charge in [0, 0.05) is 0 Å². The molecule has 0 bridgehead atoms. The van der Waals surface area contributed by atoms with E-state index in [1.54, 1.807) is 0 Å². The van der Waals surface area contributed by atoms with Crippen LogP contribution in [-0.4, -0.2) is 17.1 Å². The molecule has 0 aliphatic heterocycles. The van der Waals surface area contributed by atoms with Crippen molar-refractivity contribution < 1.29 is 18.0 Å². The highest BCUT2D eigenvalue weighted by Crippen LogP contribution is 2.26. The van der Waals surface area contributed by atoms with E-state index in [0.717, 1.165) is 17.1 Å². The quantitative estimate of drug-likeness (QED) is 0.621. The molecule has 0 aliphatic carbocycles. The number of hydrogen-bond acceptors (Lipinski definition) is 2. The van der Waals surface area contributed by atoms with Gasteiger partial charge in [0.05, 0.1) is 6.20 Å². The standard InChI is InChI=1S/C5H5F3N2O/c1-11-10-3-2-4(9-10)5(6,7)8/h2-3H,1H3. The molecule has 0 radical (unpaired) electrons. The van der Waals surface area contributed by atoms with Gasteiger partial charge in [-0.2, -0.15) is 13.2 Å². The maximum absolute atomic E-state index is 11.8. The Morgan fingerprint density at radius 2 is 2.18 bits per heavy atom. The summed E-state index contributed by atoms with van der Waals surface area (Å²) in [6.07, 6.45) is -3.31. The van der Waals surface area contributed by atoms with E-state index in [2.05, 4.69) is 9.94 Å². The monoisotopic (exact) mass is 166 g/mol. The molecule has 1 aromatic rings. The fraction of sp³-hybridized carbons (Fsp3) is 0.400. The predicted octanol–water partition coefficient (Wildman–Crippen LogP) is 0.960. The van der Waals surface area contributed by atoms with Crippen LogP contribution in [0.1, 0.15) is 5.69 Å². The van der Waals surface area contributed by atoms with Gasteiger partial charge in [0.1, 0.15) is 7.11 Å². The number of aromatic nitrogens is 2. The largest absolute Gasteiger partial charge is 0.435 e. The molecule has 1 heterocycles. The molecule has 0 spiro atoms. The molecule has 1 rings (SSSR count). The van der Waals surface area contributed by atoms with Crippen molar-refractivity contribution in [2.24, 2.45) is 0 Å². The number of halogens is 3. The van der Waals surface area contributed by atoms with Gasteiger partial charge >= 0.3 is 6.18 Å². The molecule has 1 aromatic heterocycles. The lowest BCUT2D eigenvalue weighted by atomic mass is 10.4. The van der Waals surface area contributed by atoms with Crippen LogP contribution in [0.3, 0.4) is 0 Å². The molecule has 0 N–H and O–H groups in total. The Labute approximate surface area is 60.3 Å². The van der Waals surface area contributed by atoms with Crippen molar-refractivity contribution in [2.75, 3.05) is 7.11 Å². The topological polar surface area (TPSA) is 27.1 Å². The van der Waals surface area contributed by atoms with Crippen LogP contribution in [0.5, 0.6) is 0 Å². The van der Waals surface area contributed by atoms with Crippen LogP contribution in [0.15, 0.2) is 12.3 Å². The summed E-state index contributed by atoms with van der Waals surface area (Å²) >= 11 is 0. The summed E-state index contributed by atoms with van der Waals surface area (Å²) in [7, 11) is 1.23. The van der Waals surface area contributed by atoms with Gasteiger partial charge in [-0.3, -0.25) is 0 Å². The van der Waals surface area contributed by atoms with Gasteiger partial charge in [0.25, 0.3) is 0 Å². The Morgan fingerprint density at radius 3 is 2.45 bits per heavy atom. The van der Waals surface area contributed by atoms with Crippen LogP contribution in [0.25, 0.3) is 0 Å². The summed E-state index contributed by atoms with van der Waals surface area (Å²) in [6, 6.07) is 0.837. The van der Waals surface area contributed by atoms with Crippen molar-refractivity contribution in [1.29, 1.82) is 0 Å². The first-order valence-electron chi connectivity index (χ1n) is 2.71. The fourth-order valence-electron chi connectivity index (χ4n) is 0.560. The summed E-state index contributed by atoms with van der Waals surface area (Å²) in [4.78, 5) is 5.13. The fourth-order valence-corrected chi connectivity index (χ4v) is 0.560. The zero-order valence-electron chi connectivity index (χ0n) is 5.59. The Morgan fingerprint density at radius 1 is 1.55 bits per heavy atom. The molecule has 3 nitrogen and oxygen atoms in total. The average molecular weight is 166 g/mol. The number of rotatable bonds is 1. The molecule has 62 valence electrons. The third-order valence-corrected chi connectivity index (χ3v) is 1.04.